The van der Waals surface area contributed by atoms with Crippen LogP contribution in [-0.4, -0.2) is 44.2 Å². The van der Waals surface area contributed by atoms with Gasteiger partial charge in [0.1, 0.15) is 5.82 Å². The van der Waals surface area contributed by atoms with Crippen molar-refractivity contribution >= 4 is 23.3 Å². The number of pyridine rings is 2. The molecule has 0 saturated carbocycles. The highest BCUT2D eigenvalue weighted by Gasteiger charge is 2.41. The van der Waals surface area contributed by atoms with E-state index in [2.05, 4.69) is 57.7 Å². The minimum absolute atomic E-state index is 0.0611. The summed E-state index contributed by atoms with van der Waals surface area (Å²) in [6.07, 6.45) is 4.63. The lowest BCUT2D eigenvalue weighted by molar-refractivity contribution is -0.140. The maximum absolute atomic E-state index is 11.7. The number of rotatable bonds is 7. The Morgan fingerprint density at radius 1 is 1.15 bits per heavy atom. The first kappa shape index (κ1) is 22.9. The van der Waals surface area contributed by atoms with Crippen LogP contribution in [0.1, 0.15) is 53.1 Å². The van der Waals surface area contributed by atoms with Crippen molar-refractivity contribution in [1.82, 2.24) is 24.8 Å². The number of nitrogens with one attached hydrogen (secondary N) is 1. The van der Waals surface area contributed by atoms with Crippen LogP contribution in [0.4, 0.5) is 0 Å². The molecule has 7 nitrogen and oxygen atoms in total. The number of aromatic nitrogens is 3. The molecule has 0 bridgehead atoms. The van der Waals surface area contributed by atoms with Crippen LogP contribution >= 0.6 is 12.2 Å². The van der Waals surface area contributed by atoms with E-state index in [1.54, 1.807) is 6.20 Å². The quantitative estimate of drug-likeness (QED) is 0.417. The Balaban J connectivity index is 1.76. The maximum atomic E-state index is 11.7. The molecule has 2 atom stereocenters. The summed E-state index contributed by atoms with van der Waals surface area (Å²) in [5.74, 6) is 0.716. The molecule has 33 heavy (non-hydrogen) atoms. The van der Waals surface area contributed by atoms with Crippen LogP contribution in [0.3, 0.4) is 0 Å². The van der Waals surface area contributed by atoms with Crippen LogP contribution in [0.5, 0.6) is 0 Å². The molecule has 0 aliphatic carbocycles. The third kappa shape index (κ3) is 4.48. The van der Waals surface area contributed by atoms with Gasteiger partial charge in [0.05, 0.1) is 24.9 Å². The highest BCUT2D eigenvalue weighted by atomic mass is 32.1. The third-order valence-electron chi connectivity index (χ3n) is 6.19. The molecule has 0 spiro atoms. The van der Waals surface area contributed by atoms with Gasteiger partial charge in [0.15, 0.2) is 5.11 Å². The summed E-state index contributed by atoms with van der Waals surface area (Å²) in [6.45, 7) is 6.94. The van der Waals surface area contributed by atoms with Gasteiger partial charge in [0, 0.05) is 36.7 Å². The minimum Gasteiger partial charge on any atom is -0.469 e. The number of thiocarbonyl (C=S) groups is 1. The second-order valence-electron chi connectivity index (χ2n) is 8.31. The van der Waals surface area contributed by atoms with Crippen LogP contribution in [0.15, 0.2) is 48.8 Å². The number of nitrogens with zero attached hydrogens (tertiary/aromatic N) is 4. The van der Waals surface area contributed by atoms with Gasteiger partial charge in [-0.05, 0) is 74.8 Å². The lowest BCUT2D eigenvalue weighted by Crippen LogP contribution is -2.31. The number of hydrogen-bond acceptors (Lipinski definition) is 5. The Hall–Kier alpha value is -3.26. The van der Waals surface area contributed by atoms with Crippen molar-refractivity contribution in [3.05, 3.63) is 77.0 Å². The zero-order chi connectivity index (χ0) is 23.5. The van der Waals surface area contributed by atoms with Gasteiger partial charge in [-0.2, -0.15) is 0 Å². The fraction of sp³-hybridized carbons (Fsp3) is 0.360. The van der Waals surface area contributed by atoms with Gasteiger partial charge >= 0.3 is 5.97 Å². The molecule has 3 aromatic rings. The van der Waals surface area contributed by atoms with Crippen molar-refractivity contribution in [3.8, 4) is 5.82 Å². The maximum Gasteiger partial charge on any atom is 0.305 e. The van der Waals surface area contributed by atoms with Crippen LogP contribution in [0, 0.1) is 20.8 Å². The van der Waals surface area contributed by atoms with E-state index >= 15 is 0 Å². The molecule has 0 aromatic carbocycles. The van der Waals surface area contributed by atoms with Crippen LogP contribution in [-0.2, 0) is 9.53 Å². The molecule has 1 aliphatic heterocycles. The van der Waals surface area contributed by atoms with E-state index in [0.717, 1.165) is 28.5 Å². The van der Waals surface area contributed by atoms with Crippen LogP contribution in [0.2, 0.25) is 0 Å². The summed E-state index contributed by atoms with van der Waals surface area (Å²) >= 11 is 5.75. The molecule has 1 fully saturated rings. The molecule has 1 saturated heterocycles. The number of hydrogen-bond donors (Lipinski definition) is 1. The zero-order valence-electron chi connectivity index (χ0n) is 19.4. The Morgan fingerprint density at radius 3 is 2.64 bits per heavy atom. The van der Waals surface area contributed by atoms with Gasteiger partial charge in [0.25, 0.3) is 0 Å². The van der Waals surface area contributed by atoms with Crippen molar-refractivity contribution in [1.29, 1.82) is 0 Å². The number of carbonyl (C=O) groups is 1. The average Bonchev–Trinajstić information content (AvgIpc) is 3.30. The van der Waals surface area contributed by atoms with E-state index in [1.807, 2.05) is 30.5 Å². The number of methoxy groups -OCH3 is 1. The average molecular weight is 464 g/mol. The number of aryl methyl sites for hydroxylation is 2. The Morgan fingerprint density at radius 2 is 1.94 bits per heavy atom. The molecule has 172 valence electrons. The number of ether oxygens (including phenoxy) is 1. The zero-order valence-corrected chi connectivity index (χ0v) is 20.2. The van der Waals surface area contributed by atoms with E-state index in [1.165, 1.54) is 12.7 Å². The van der Waals surface area contributed by atoms with E-state index in [4.69, 9.17) is 17.0 Å². The molecule has 8 heteroatoms. The molecule has 1 N–H and O–H groups in total. The SMILES string of the molecule is COC(=O)CCCN1C(=S)N[C@@H](c2ccccn2)[C@H]1c1cc(C)n(-c2ncccc2C)c1C. The standard InChI is InChI=1S/C25H29N5O2S/c1-16-9-7-13-27-24(16)30-17(2)15-19(18(30)3)23-22(20-10-5-6-12-26-20)28-25(33)29(23)14-8-11-21(31)32-4/h5-7,9-10,12-13,15,22-23H,8,11,14H2,1-4H3,(H,28,33)/t22-,23+/m0/s1. The van der Waals surface area contributed by atoms with Gasteiger partial charge in [-0.3, -0.25) is 9.78 Å². The molecule has 0 radical (unpaired) electrons. The van der Waals surface area contributed by atoms with Gasteiger partial charge in [-0.25, -0.2) is 4.98 Å². The van der Waals surface area contributed by atoms with Gasteiger partial charge in [-0.15, -0.1) is 0 Å². The first-order valence-corrected chi connectivity index (χ1v) is 11.5. The Kier molecular flexibility index (Phi) is 6.74. The monoisotopic (exact) mass is 463 g/mol. The summed E-state index contributed by atoms with van der Waals surface area (Å²) in [7, 11) is 1.42. The first-order chi connectivity index (χ1) is 15.9. The minimum atomic E-state index is -0.213. The van der Waals surface area contributed by atoms with Crippen molar-refractivity contribution in [3.63, 3.8) is 0 Å². The molecule has 3 aromatic heterocycles. The van der Waals surface area contributed by atoms with Crippen molar-refractivity contribution in [2.24, 2.45) is 0 Å². The highest BCUT2D eigenvalue weighted by Crippen LogP contribution is 2.41. The topological polar surface area (TPSA) is 72.3 Å². The Bertz CT molecular complexity index is 1160. The molecule has 4 heterocycles. The third-order valence-corrected chi connectivity index (χ3v) is 6.54. The van der Waals surface area contributed by atoms with E-state index in [0.29, 0.717) is 24.5 Å². The van der Waals surface area contributed by atoms with Crippen LogP contribution < -0.4 is 5.32 Å². The van der Waals surface area contributed by atoms with E-state index in [-0.39, 0.29) is 18.1 Å². The molecule has 0 unspecified atom stereocenters. The predicted molar refractivity (Wildman–Crippen MR) is 131 cm³/mol. The molecule has 1 aliphatic rings. The highest BCUT2D eigenvalue weighted by molar-refractivity contribution is 7.80. The first-order valence-electron chi connectivity index (χ1n) is 11.1. The summed E-state index contributed by atoms with van der Waals surface area (Å²) in [5.41, 5.74) is 5.43. The van der Waals surface area contributed by atoms with Crippen LogP contribution in [0.25, 0.3) is 5.82 Å². The second kappa shape index (κ2) is 9.70. The molecule has 4 rings (SSSR count). The van der Waals surface area contributed by atoms with Crippen molar-refractivity contribution in [2.75, 3.05) is 13.7 Å². The lowest BCUT2D eigenvalue weighted by Gasteiger charge is -2.28. The van der Waals surface area contributed by atoms with Gasteiger partial charge < -0.3 is 19.5 Å². The van der Waals surface area contributed by atoms with E-state index < -0.39 is 0 Å². The number of esters is 1. The normalized spacial score (nSPS) is 17.8. The fourth-order valence-electron chi connectivity index (χ4n) is 4.61. The summed E-state index contributed by atoms with van der Waals surface area (Å²) < 4.78 is 7.02. The largest absolute Gasteiger partial charge is 0.469 e. The molecular weight excluding hydrogens is 434 g/mol. The molecular formula is C25H29N5O2S. The lowest BCUT2D eigenvalue weighted by atomic mass is 9.96. The van der Waals surface area contributed by atoms with Gasteiger partial charge in [-0.1, -0.05) is 12.1 Å². The smallest absolute Gasteiger partial charge is 0.305 e. The second-order valence-corrected chi connectivity index (χ2v) is 8.69. The summed E-state index contributed by atoms with van der Waals surface area (Å²) in [5, 5.41) is 4.15. The molecule has 0 amide bonds. The summed E-state index contributed by atoms with van der Waals surface area (Å²) in [6, 6.07) is 12.0. The number of carbonyl (C=O) groups excluding carboxylic acids is 1. The van der Waals surface area contributed by atoms with Gasteiger partial charge in [0.2, 0.25) is 0 Å². The summed E-state index contributed by atoms with van der Waals surface area (Å²) in [4.78, 5) is 23.1. The fourth-order valence-corrected chi connectivity index (χ4v) is 4.94. The predicted octanol–water partition coefficient (Wildman–Crippen LogP) is 4.12. The van der Waals surface area contributed by atoms with Crippen molar-refractivity contribution < 1.29 is 9.53 Å². The van der Waals surface area contributed by atoms with E-state index in [9.17, 15) is 4.79 Å². The Labute approximate surface area is 199 Å². The van der Waals surface area contributed by atoms with Crippen molar-refractivity contribution in [2.45, 2.75) is 45.7 Å².